The fourth-order valence-corrected chi connectivity index (χ4v) is 6.99. The fraction of sp³-hybridized carbons (Fsp3) is 0.500. The zero-order chi connectivity index (χ0) is 32.1. The maximum Gasteiger partial charge on any atom is 0.239 e. The molecule has 0 unspecified atom stereocenters. The van der Waals surface area contributed by atoms with Crippen molar-refractivity contribution in [1.82, 2.24) is 14.9 Å². The summed E-state index contributed by atoms with van der Waals surface area (Å²) in [4.78, 5) is 13.7. The predicted octanol–water partition coefficient (Wildman–Crippen LogP) is 4.46. The summed E-state index contributed by atoms with van der Waals surface area (Å²) in [7, 11) is -0.596. The maximum absolute atomic E-state index is 13.7. The molecule has 0 radical (unpaired) electrons. The molecule has 1 aliphatic rings. The van der Waals surface area contributed by atoms with Crippen LogP contribution in [0.4, 0.5) is 0 Å². The van der Waals surface area contributed by atoms with Gasteiger partial charge in [0.05, 0.1) is 37.7 Å². The molecular weight excluding hydrogens is 578 g/mol. The largest absolute Gasteiger partial charge is 0.497 e. The highest BCUT2D eigenvalue weighted by atomic mass is 32.2. The van der Waals surface area contributed by atoms with Gasteiger partial charge in [0.2, 0.25) is 15.9 Å². The van der Waals surface area contributed by atoms with E-state index in [2.05, 4.69) is 23.8 Å². The van der Waals surface area contributed by atoms with Crippen molar-refractivity contribution in [3.05, 3.63) is 90.5 Å². The van der Waals surface area contributed by atoms with Crippen molar-refractivity contribution < 1.29 is 27.8 Å². The molecule has 9 nitrogen and oxygen atoms in total. The van der Waals surface area contributed by atoms with E-state index in [0.29, 0.717) is 25.9 Å². The molecule has 0 saturated carbocycles. The van der Waals surface area contributed by atoms with Crippen LogP contribution in [0.15, 0.2) is 73.8 Å². The molecule has 0 bridgehead atoms. The molecule has 0 spiro atoms. The molecule has 10 heteroatoms. The van der Waals surface area contributed by atoms with E-state index in [9.17, 15) is 18.3 Å². The Labute approximate surface area is 263 Å². The van der Waals surface area contributed by atoms with E-state index in [1.165, 1.54) is 7.05 Å². The highest BCUT2D eigenvalue weighted by molar-refractivity contribution is 7.89. The molecule has 1 amide bonds. The number of ether oxygens (including phenoxy) is 2. The third kappa shape index (κ3) is 9.74. The van der Waals surface area contributed by atoms with Gasteiger partial charge in [-0.25, -0.2) is 8.42 Å². The summed E-state index contributed by atoms with van der Waals surface area (Å²) in [6, 6.07) is 13.7. The molecule has 0 fully saturated rings. The fourth-order valence-electron chi connectivity index (χ4n) is 5.56. The lowest BCUT2D eigenvalue weighted by molar-refractivity contribution is -0.126. The Bertz CT molecular complexity index is 1320. The highest BCUT2D eigenvalue weighted by Crippen LogP contribution is 2.42. The lowest BCUT2D eigenvalue weighted by atomic mass is 9.99. The molecule has 0 aromatic heterocycles. The Morgan fingerprint density at radius 1 is 1.14 bits per heavy atom. The van der Waals surface area contributed by atoms with Gasteiger partial charge in [0, 0.05) is 19.6 Å². The van der Waals surface area contributed by atoms with E-state index in [4.69, 9.17) is 9.47 Å². The standard InChI is InChI=1S/C34H49N3O6S/c1-6-9-13-20-44(40,41)37(4)31(14-7-2)34(39)36-30(21-25-15-11-10-12-16-25)32(38)24-35-29-23-33(43-19-8-3)27-18-17-26(42-5)22-28(27)29/h7-8,10-12,15-18,22,29-33,35,38H,2-3,6,9,13-14,19-21,23-24H2,1,4-5H3,(H,36,39)/t29-,30-,31-,32+,33+/m0/s1. The van der Waals surface area contributed by atoms with E-state index in [1.54, 1.807) is 19.3 Å². The number of hydrogen-bond acceptors (Lipinski definition) is 7. The Morgan fingerprint density at radius 2 is 1.89 bits per heavy atom. The topological polar surface area (TPSA) is 117 Å². The Balaban J connectivity index is 1.78. The molecule has 5 atom stereocenters. The minimum atomic E-state index is -3.66. The molecule has 1 aliphatic carbocycles. The third-order valence-electron chi connectivity index (χ3n) is 8.12. The molecule has 0 heterocycles. The summed E-state index contributed by atoms with van der Waals surface area (Å²) >= 11 is 0. The number of carbonyl (C=O) groups is 1. The molecule has 3 rings (SSSR count). The van der Waals surface area contributed by atoms with E-state index >= 15 is 0 Å². The summed E-state index contributed by atoms with van der Waals surface area (Å²) in [6.07, 6.45) is 5.56. The monoisotopic (exact) mass is 627 g/mol. The predicted molar refractivity (Wildman–Crippen MR) is 175 cm³/mol. The Morgan fingerprint density at radius 3 is 2.55 bits per heavy atom. The molecule has 44 heavy (non-hydrogen) atoms. The Kier molecular flexibility index (Phi) is 14.1. The number of nitrogens with one attached hydrogen (secondary N) is 2. The van der Waals surface area contributed by atoms with Crippen molar-refractivity contribution in [2.45, 2.75) is 75.8 Å². The number of carbonyl (C=O) groups excluding carboxylic acids is 1. The average Bonchev–Trinajstić information content (AvgIpc) is 3.37. The van der Waals surface area contributed by atoms with Crippen LogP contribution >= 0.6 is 0 Å². The number of likely N-dealkylation sites (N-methyl/N-ethyl adjacent to an activating group) is 1. The maximum atomic E-state index is 13.7. The molecule has 0 saturated heterocycles. The Hall–Kier alpha value is -3.02. The van der Waals surface area contributed by atoms with E-state index in [-0.39, 0.29) is 30.9 Å². The van der Waals surface area contributed by atoms with Gasteiger partial charge in [-0.2, -0.15) is 4.31 Å². The van der Waals surface area contributed by atoms with Crippen LogP contribution < -0.4 is 15.4 Å². The van der Waals surface area contributed by atoms with Gasteiger partial charge in [-0.05, 0) is 54.5 Å². The van der Waals surface area contributed by atoms with Crippen LogP contribution in [-0.2, 0) is 26.0 Å². The summed E-state index contributed by atoms with van der Waals surface area (Å²) in [5.41, 5.74) is 3.03. The van der Waals surface area contributed by atoms with E-state index in [1.807, 2.05) is 55.5 Å². The quantitative estimate of drug-likeness (QED) is 0.147. The summed E-state index contributed by atoms with van der Waals surface area (Å²) in [5, 5.41) is 18.0. The number of aliphatic hydroxyl groups is 1. The van der Waals surface area contributed by atoms with Crippen LogP contribution in [0.1, 0.15) is 67.9 Å². The van der Waals surface area contributed by atoms with Gasteiger partial charge in [-0.15, -0.1) is 13.2 Å². The number of benzene rings is 2. The normalized spacial score (nSPS) is 18.3. The van der Waals surface area contributed by atoms with E-state index in [0.717, 1.165) is 39.6 Å². The molecular formula is C34H49N3O6S. The van der Waals surface area contributed by atoms with Crippen LogP contribution in [0.5, 0.6) is 5.75 Å². The van der Waals surface area contributed by atoms with E-state index < -0.39 is 34.1 Å². The van der Waals surface area contributed by atoms with Crippen LogP contribution in [0, 0.1) is 0 Å². The number of aliphatic hydroxyl groups excluding tert-OH is 1. The zero-order valence-corrected chi connectivity index (χ0v) is 27.1. The van der Waals surface area contributed by atoms with Crippen LogP contribution in [0.25, 0.3) is 0 Å². The lowest BCUT2D eigenvalue weighted by Gasteiger charge is -2.31. The number of nitrogens with zero attached hydrogens (tertiary/aromatic N) is 1. The van der Waals surface area contributed by atoms with Crippen molar-refractivity contribution in [3.63, 3.8) is 0 Å². The SMILES string of the molecule is C=CCO[C@@H]1C[C@H](NC[C@@H](O)[C@H](Cc2ccccc2)NC(=O)[C@H](CC=C)N(C)S(=O)(=O)CCCCC)c2cc(OC)ccc21. The minimum Gasteiger partial charge on any atom is -0.497 e. The first-order valence-electron chi connectivity index (χ1n) is 15.4. The number of amides is 1. The molecule has 2 aromatic rings. The number of unbranched alkanes of at least 4 members (excludes halogenated alkanes) is 2. The van der Waals surface area contributed by atoms with Gasteiger partial charge >= 0.3 is 0 Å². The summed E-state index contributed by atoms with van der Waals surface area (Å²) in [6.45, 7) is 10.1. The number of sulfonamides is 1. The number of fused-ring (bicyclic) bond motifs is 1. The minimum absolute atomic E-state index is 0.0244. The second-order valence-corrected chi connectivity index (χ2v) is 13.4. The molecule has 0 aliphatic heterocycles. The lowest BCUT2D eigenvalue weighted by Crippen LogP contribution is -2.55. The smallest absolute Gasteiger partial charge is 0.239 e. The van der Waals surface area contributed by atoms with Gasteiger partial charge in [-0.1, -0.05) is 68.3 Å². The van der Waals surface area contributed by atoms with Crippen molar-refractivity contribution in [3.8, 4) is 5.75 Å². The number of methoxy groups -OCH3 is 1. The first-order valence-corrected chi connectivity index (χ1v) is 17.0. The third-order valence-corrected chi connectivity index (χ3v) is 10.1. The molecule has 2 aromatic carbocycles. The molecule has 3 N–H and O–H groups in total. The number of rotatable bonds is 20. The van der Waals surface area contributed by atoms with Crippen molar-refractivity contribution in [1.29, 1.82) is 0 Å². The van der Waals surface area contributed by atoms with Crippen LogP contribution in [-0.4, -0.2) is 75.0 Å². The van der Waals surface area contributed by atoms with Gasteiger partial charge in [0.25, 0.3) is 0 Å². The first-order chi connectivity index (χ1) is 21.1. The van der Waals surface area contributed by atoms with Gasteiger partial charge in [-0.3, -0.25) is 4.79 Å². The molecule has 242 valence electrons. The highest BCUT2D eigenvalue weighted by Gasteiger charge is 2.35. The summed E-state index contributed by atoms with van der Waals surface area (Å²) < 4.78 is 38.7. The van der Waals surface area contributed by atoms with Crippen molar-refractivity contribution in [2.75, 3.05) is 33.1 Å². The number of hydrogen-bond donors (Lipinski definition) is 3. The second kappa shape index (κ2) is 17.5. The second-order valence-electron chi connectivity index (χ2n) is 11.3. The van der Waals surface area contributed by atoms with Gasteiger partial charge in [0.15, 0.2) is 0 Å². The average molecular weight is 628 g/mol. The van der Waals surface area contributed by atoms with Crippen LogP contribution in [0.3, 0.4) is 0 Å². The first kappa shape index (κ1) is 35.5. The summed E-state index contributed by atoms with van der Waals surface area (Å²) in [5.74, 6) is 0.237. The van der Waals surface area contributed by atoms with Crippen molar-refractivity contribution >= 4 is 15.9 Å². The van der Waals surface area contributed by atoms with Crippen LogP contribution in [0.2, 0.25) is 0 Å². The zero-order valence-electron chi connectivity index (χ0n) is 26.3. The van der Waals surface area contributed by atoms with Gasteiger partial charge < -0.3 is 25.2 Å². The van der Waals surface area contributed by atoms with Crippen molar-refractivity contribution in [2.24, 2.45) is 0 Å². The van der Waals surface area contributed by atoms with Gasteiger partial charge in [0.1, 0.15) is 11.8 Å².